The zero-order valence-electron chi connectivity index (χ0n) is 22.5. The van der Waals surface area contributed by atoms with Crippen molar-refractivity contribution in [3.8, 4) is 17.4 Å². The van der Waals surface area contributed by atoms with Gasteiger partial charge in [-0.15, -0.1) is 4.68 Å². The van der Waals surface area contributed by atoms with Crippen LogP contribution >= 0.6 is 0 Å². The van der Waals surface area contributed by atoms with Gasteiger partial charge in [0.25, 0.3) is 11.5 Å². The number of aliphatic hydroxyl groups excluding tert-OH is 1. The number of nitrogens with two attached hydrogens (primary N) is 1. The molecule has 0 bridgehead atoms. The summed E-state index contributed by atoms with van der Waals surface area (Å²) < 4.78 is 20.5. The second-order valence-corrected chi connectivity index (χ2v) is 10.3. The Morgan fingerprint density at radius 3 is 2.57 bits per heavy atom. The number of aliphatic hydroxyl groups is 1. The lowest BCUT2D eigenvalue weighted by Crippen LogP contribution is -2.42. The lowest BCUT2D eigenvalue weighted by Gasteiger charge is -2.25. The van der Waals surface area contributed by atoms with Crippen LogP contribution in [0.3, 0.4) is 0 Å². The van der Waals surface area contributed by atoms with Gasteiger partial charge in [-0.05, 0) is 50.2 Å². The van der Waals surface area contributed by atoms with Gasteiger partial charge in [-0.25, -0.2) is 0 Å². The van der Waals surface area contributed by atoms with Crippen molar-refractivity contribution in [2.45, 2.75) is 71.8 Å². The van der Waals surface area contributed by atoms with Crippen molar-refractivity contribution < 1.29 is 28.8 Å². The number of aryl methyl sites for hydroxylation is 1. The maximum absolute atomic E-state index is 13.6. The third-order valence-corrected chi connectivity index (χ3v) is 6.61. The number of fused-ring (bicyclic) bond motifs is 3. The minimum atomic E-state index is -0.301. The summed E-state index contributed by atoms with van der Waals surface area (Å²) in [4.78, 5) is 13.6. The molecule has 200 valence electrons. The topological polar surface area (TPSA) is 125 Å². The molecule has 0 saturated carbocycles. The van der Waals surface area contributed by atoms with Gasteiger partial charge in [0.2, 0.25) is 0 Å². The second kappa shape index (κ2) is 10.9. The minimum Gasteiger partial charge on any atom is -0.493 e. The van der Waals surface area contributed by atoms with E-state index in [0.29, 0.717) is 48.2 Å². The van der Waals surface area contributed by atoms with Crippen molar-refractivity contribution >= 4 is 17.4 Å². The monoisotopic (exact) mass is 512 g/mol. The molecule has 0 radical (unpaired) electrons. The van der Waals surface area contributed by atoms with Crippen LogP contribution in [0.1, 0.15) is 74.0 Å². The summed E-state index contributed by atoms with van der Waals surface area (Å²) in [5, 5.41) is 18.5. The highest BCUT2D eigenvalue weighted by Gasteiger charge is 2.30. The summed E-state index contributed by atoms with van der Waals surface area (Å²) >= 11 is 0. The van der Waals surface area contributed by atoms with Gasteiger partial charge < -0.3 is 19.3 Å². The van der Waals surface area contributed by atoms with E-state index in [4.69, 9.17) is 30.1 Å². The molecule has 10 heteroatoms. The van der Waals surface area contributed by atoms with E-state index >= 15 is 0 Å². The molecule has 0 saturated heterocycles. The number of carbonyl (C=O) groups excluding carboxylic acids is 1. The zero-order valence-corrected chi connectivity index (χ0v) is 22.5. The predicted octanol–water partition coefficient (Wildman–Crippen LogP) is 2.83. The molecular formula is C27H38N5O5+. The lowest BCUT2D eigenvalue weighted by molar-refractivity contribution is -0.723. The first kappa shape index (κ1) is 26.7. The molecule has 0 amide bonds. The number of benzene rings is 1. The first-order valence-corrected chi connectivity index (χ1v) is 12.9. The van der Waals surface area contributed by atoms with Gasteiger partial charge >= 0.3 is 5.95 Å². The number of nitrogen functional groups attached to an aromatic ring is 1. The van der Waals surface area contributed by atoms with Gasteiger partial charge in [-0.2, -0.15) is 0 Å². The molecule has 37 heavy (non-hydrogen) atoms. The summed E-state index contributed by atoms with van der Waals surface area (Å²) in [5.74, 6) is 1.74. The Labute approximate surface area is 217 Å². The van der Waals surface area contributed by atoms with Crippen LogP contribution in [0, 0.1) is 0 Å². The Kier molecular flexibility index (Phi) is 7.87. The van der Waals surface area contributed by atoms with E-state index in [9.17, 15) is 4.79 Å². The van der Waals surface area contributed by atoms with Crippen molar-refractivity contribution in [2.75, 3.05) is 32.7 Å². The SMILES string of the molecule is CCOc1nn2c(N)[n+](CC(=O)c3cc(OCCCO)c(OC)c(C(C)(C)C)c3)nc2c2c1CCCC2. The lowest BCUT2D eigenvalue weighted by atomic mass is 9.84. The number of nitrogens with zero attached hydrogens (tertiary/aromatic N) is 4. The van der Waals surface area contributed by atoms with E-state index in [1.54, 1.807) is 17.7 Å². The van der Waals surface area contributed by atoms with E-state index in [1.165, 1.54) is 4.68 Å². The molecule has 3 aromatic rings. The molecule has 0 atom stereocenters. The molecule has 2 heterocycles. The first-order valence-electron chi connectivity index (χ1n) is 12.9. The summed E-state index contributed by atoms with van der Waals surface area (Å²) in [6.45, 7) is 8.86. The number of ketones is 1. The highest BCUT2D eigenvalue weighted by Crippen LogP contribution is 2.40. The third-order valence-electron chi connectivity index (χ3n) is 6.61. The van der Waals surface area contributed by atoms with E-state index in [1.807, 2.05) is 13.0 Å². The molecule has 0 fully saturated rings. The quantitative estimate of drug-likeness (QED) is 0.241. The van der Waals surface area contributed by atoms with Crippen LogP contribution in [0.25, 0.3) is 5.65 Å². The molecule has 3 N–H and O–H groups in total. The number of aromatic nitrogens is 4. The molecule has 1 aliphatic carbocycles. The Balaban J connectivity index is 1.73. The van der Waals surface area contributed by atoms with Crippen molar-refractivity contribution in [1.29, 1.82) is 0 Å². The van der Waals surface area contributed by atoms with E-state index in [2.05, 4.69) is 25.9 Å². The van der Waals surface area contributed by atoms with Crippen molar-refractivity contribution in [2.24, 2.45) is 0 Å². The Morgan fingerprint density at radius 2 is 1.92 bits per heavy atom. The van der Waals surface area contributed by atoms with Crippen LogP contribution in [-0.2, 0) is 24.8 Å². The van der Waals surface area contributed by atoms with Crippen LogP contribution in [-0.4, -0.2) is 52.5 Å². The van der Waals surface area contributed by atoms with Gasteiger partial charge in [0.15, 0.2) is 23.8 Å². The van der Waals surface area contributed by atoms with Crippen molar-refractivity contribution in [3.63, 3.8) is 0 Å². The smallest absolute Gasteiger partial charge is 0.401 e. The van der Waals surface area contributed by atoms with Gasteiger partial charge in [0.05, 0.1) is 20.3 Å². The van der Waals surface area contributed by atoms with Crippen LogP contribution in [0.5, 0.6) is 17.4 Å². The first-order chi connectivity index (χ1) is 17.7. The maximum atomic E-state index is 13.6. The van der Waals surface area contributed by atoms with Gasteiger partial charge in [0, 0.05) is 35.3 Å². The number of ether oxygens (including phenoxy) is 3. The molecule has 0 spiro atoms. The summed E-state index contributed by atoms with van der Waals surface area (Å²) in [6, 6.07) is 3.54. The number of rotatable bonds is 10. The second-order valence-electron chi connectivity index (χ2n) is 10.3. The fraction of sp³-hybridized carbons (Fsp3) is 0.556. The summed E-state index contributed by atoms with van der Waals surface area (Å²) in [5.41, 5.74) is 10.3. The number of hydrogen-bond donors (Lipinski definition) is 2. The van der Waals surface area contributed by atoms with Gasteiger partial charge in [0.1, 0.15) is 0 Å². The van der Waals surface area contributed by atoms with E-state index in [0.717, 1.165) is 42.4 Å². The van der Waals surface area contributed by atoms with Gasteiger partial charge in [-0.3, -0.25) is 10.5 Å². The van der Waals surface area contributed by atoms with E-state index in [-0.39, 0.29) is 30.3 Å². The summed E-state index contributed by atoms with van der Waals surface area (Å²) in [6.07, 6.45) is 4.37. The van der Waals surface area contributed by atoms with Crippen LogP contribution < -0.4 is 24.6 Å². The molecule has 0 unspecified atom stereocenters. The minimum absolute atomic E-state index is 0.0135. The number of Topliss-reactive ketones (excluding diaryl/α,β-unsaturated/α-hetero) is 1. The zero-order chi connectivity index (χ0) is 26.7. The fourth-order valence-electron chi connectivity index (χ4n) is 4.73. The predicted molar refractivity (Wildman–Crippen MR) is 139 cm³/mol. The van der Waals surface area contributed by atoms with E-state index < -0.39 is 0 Å². The Bertz CT molecular complexity index is 1300. The maximum Gasteiger partial charge on any atom is 0.401 e. The van der Waals surface area contributed by atoms with Crippen molar-refractivity contribution in [1.82, 2.24) is 14.7 Å². The molecular weight excluding hydrogens is 474 g/mol. The molecule has 1 aromatic carbocycles. The summed E-state index contributed by atoms with van der Waals surface area (Å²) in [7, 11) is 1.59. The molecule has 1 aliphatic rings. The fourth-order valence-corrected chi connectivity index (χ4v) is 4.73. The molecule has 2 aromatic heterocycles. The van der Waals surface area contributed by atoms with Gasteiger partial charge in [-0.1, -0.05) is 35.5 Å². The highest BCUT2D eigenvalue weighted by molar-refractivity contribution is 5.96. The Hall–Kier alpha value is -3.40. The standard InChI is InChI=1S/C27H37N5O5/c1-6-36-25-19-11-8-7-10-18(19)24-29-31(26(28)32(24)30-25)16-21(34)17-14-20(27(2,3)4)23(35-5)22(15-17)37-13-9-12-33/h14-15,28,33H,6-13,16H2,1-5H3/p+1. The number of hydrogen-bond acceptors (Lipinski definition) is 8. The largest absolute Gasteiger partial charge is 0.493 e. The number of anilines is 1. The Morgan fingerprint density at radius 1 is 1.19 bits per heavy atom. The van der Waals surface area contributed by atoms with Crippen LogP contribution in [0.4, 0.5) is 5.95 Å². The molecule has 10 nitrogen and oxygen atoms in total. The average Bonchev–Trinajstić information content (AvgIpc) is 3.18. The number of methoxy groups -OCH3 is 1. The normalized spacial score (nSPS) is 13.5. The molecule has 4 rings (SSSR count). The van der Waals surface area contributed by atoms with Crippen LogP contribution in [0.15, 0.2) is 12.1 Å². The van der Waals surface area contributed by atoms with Crippen LogP contribution in [0.2, 0.25) is 0 Å². The number of carbonyl (C=O) groups is 1. The third kappa shape index (κ3) is 5.34. The van der Waals surface area contributed by atoms with Crippen molar-refractivity contribution in [3.05, 3.63) is 34.4 Å². The molecule has 0 aliphatic heterocycles. The average molecular weight is 513 g/mol. The highest BCUT2D eigenvalue weighted by atomic mass is 16.5.